The summed E-state index contributed by atoms with van der Waals surface area (Å²) in [7, 11) is 0. The molecule has 0 saturated carbocycles. The number of rotatable bonds is 2. The van der Waals surface area contributed by atoms with E-state index < -0.39 is 5.60 Å². The Morgan fingerprint density at radius 2 is 1.95 bits per heavy atom. The van der Waals surface area contributed by atoms with Crippen LogP contribution in [-0.2, 0) is 14.3 Å². The lowest BCUT2D eigenvalue weighted by molar-refractivity contribution is -0.153. The molecule has 0 N–H and O–H groups in total. The van der Waals surface area contributed by atoms with E-state index in [4.69, 9.17) is 4.74 Å². The Kier molecular flexibility index (Phi) is 3.91. The van der Waals surface area contributed by atoms with E-state index in [-0.39, 0.29) is 18.4 Å². The third-order valence-electron chi connectivity index (χ3n) is 4.52. The van der Waals surface area contributed by atoms with Crippen LogP contribution in [0, 0.1) is 6.92 Å². The van der Waals surface area contributed by atoms with Gasteiger partial charge in [0.2, 0.25) is 5.91 Å². The predicted octanol–water partition coefficient (Wildman–Crippen LogP) is 1.74. The summed E-state index contributed by atoms with van der Waals surface area (Å²) in [5.41, 5.74) is 1.31. The van der Waals surface area contributed by atoms with Crippen LogP contribution in [0.4, 0.5) is 5.69 Å². The highest BCUT2D eigenvalue weighted by Gasteiger charge is 2.42. The van der Waals surface area contributed by atoms with Gasteiger partial charge in [-0.15, -0.1) is 0 Å². The van der Waals surface area contributed by atoms with E-state index in [1.807, 2.05) is 38.1 Å². The van der Waals surface area contributed by atoms with Gasteiger partial charge in [-0.05, 0) is 38.8 Å². The molecular formula is C17H22N2O3. The molecule has 2 aliphatic rings. The Balaban J connectivity index is 1.68. The number of hydrogen-bond acceptors (Lipinski definition) is 3. The van der Waals surface area contributed by atoms with Crippen LogP contribution < -0.4 is 4.90 Å². The molecule has 0 aromatic heterocycles. The Morgan fingerprint density at radius 3 is 2.55 bits per heavy atom. The first kappa shape index (κ1) is 15.0. The van der Waals surface area contributed by atoms with Crippen molar-refractivity contribution in [3.63, 3.8) is 0 Å². The lowest BCUT2D eigenvalue weighted by Crippen LogP contribution is -2.57. The number of hydrogen-bond donors (Lipinski definition) is 0. The van der Waals surface area contributed by atoms with Crippen LogP contribution in [0.1, 0.15) is 25.3 Å². The number of piperazine rings is 1. The fourth-order valence-electron chi connectivity index (χ4n) is 3.13. The van der Waals surface area contributed by atoms with E-state index >= 15 is 0 Å². The SMILES string of the molecule is Cc1ccc(N2CCN(C(=O)[C@@]3(C)CCCO3)CC2=O)cc1. The van der Waals surface area contributed by atoms with Gasteiger partial charge >= 0.3 is 0 Å². The van der Waals surface area contributed by atoms with Crippen molar-refractivity contribution in [2.75, 3.05) is 31.1 Å². The second-order valence-corrected chi connectivity index (χ2v) is 6.29. The molecule has 5 nitrogen and oxygen atoms in total. The van der Waals surface area contributed by atoms with Crippen molar-refractivity contribution >= 4 is 17.5 Å². The molecule has 2 heterocycles. The number of carbonyl (C=O) groups excluding carboxylic acids is 2. The lowest BCUT2D eigenvalue weighted by Gasteiger charge is -2.37. The van der Waals surface area contributed by atoms with Crippen LogP contribution in [0.5, 0.6) is 0 Å². The second kappa shape index (κ2) is 5.72. The highest BCUT2D eigenvalue weighted by Crippen LogP contribution is 2.28. The van der Waals surface area contributed by atoms with Crippen LogP contribution in [-0.4, -0.2) is 48.6 Å². The highest BCUT2D eigenvalue weighted by atomic mass is 16.5. The van der Waals surface area contributed by atoms with Crippen LogP contribution in [0.15, 0.2) is 24.3 Å². The van der Waals surface area contributed by atoms with Gasteiger partial charge in [0, 0.05) is 25.4 Å². The molecule has 2 aliphatic heterocycles. The van der Waals surface area contributed by atoms with Crippen molar-refractivity contribution < 1.29 is 14.3 Å². The molecule has 1 aromatic rings. The first-order valence-corrected chi connectivity index (χ1v) is 7.80. The minimum Gasteiger partial charge on any atom is -0.365 e. The van der Waals surface area contributed by atoms with Crippen LogP contribution in [0.2, 0.25) is 0 Å². The normalized spacial score (nSPS) is 25.6. The van der Waals surface area contributed by atoms with E-state index in [0.717, 1.165) is 24.1 Å². The number of amides is 2. The van der Waals surface area contributed by atoms with E-state index in [1.54, 1.807) is 9.80 Å². The zero-order valence-corrected chi connectivity index (χ0v) is 13.2. The molecule has 0 aliphatic carbocycles. The van der Waals surface area contributed by atoms with Crippen LogP contribution in [0.3, 0.4) is 0 Å². The molecule has 2 fully saturated rings. The van der Waals surface area contributed by atoms with E-state index in [9.17, 15) is 9.59 Å². The van der Waals surface area contributed by atoms with Gasteiger partial charge in [0.25, 0.3) is 5.91 Å². The van der Waals surface area contributed by atoms with Gasteiger partial charge in [0.15, 0.2) is 0 Å². The summed E-state index contributed by atoms with van der Waals surface area (Å²) < 4.78 is 5.60. The number of carbonyl (C=O) groups is 2. The molecule has 1 aromatic carbocycles. The van der Waals surface area contributed by atoms with Gasteiger partial charge in [0.1, 0.15) is 12.1 Å². The van der Waals surface area contributed by atoms with Crippen LogP contribution in [0.25, 0.3) is 0 Å². The molecule has 5 heteroatoms. The van der Waals surface area contributed by atoms with E-state index in [1.165, 1.54) is 0 Å². The zero-order chi connectivity index (χ0) is 15.7. The molecule has 0 radical (unpaired) electrons. The summed E-state index contributed by atoms with van der Waals surface area (Å²) in [6.45, 7) is 5.69. The Labute approximate surface area is 130 Å². The van der Waals surface area contributed by atoms with E-state index in [2.05, 4.69) is 0 Å². The summed E-state index contributed by atoms with van der Waals surface area (Å²) in [5.74, 6) is -0.0908. The van der Waals surface area contributed by atoms with Crippen molar-refractivity contribution in [1.82, 2.24) is 4.90 Å². The maximum Gasteiger partial charge on any atom is 0.255 e. The third-order valence-corrected chi connectivity index (χ3v) is 4.52. The van der Waals surface area contributed by atoms with Gasteiger partial charge in [-0.2, -0.15) is 0 Å². The molecule has 0 bridgehead atoms. The third kappa shape index (κ3) is 2.73. The summed E-state index contributed by atoms with van der Waals surface area (Å²) in [5, 5.41) is 0. The average molecular weight is 302 g/mol. The number of ether oxygens (including phenoxy) is 1. The Hall–Kier alpha value is -1.88. The standard InChI is InChI=1S/C17H22N2O3/c1-13-4-6-14(7-5-13)19-10-9-18(12-15(19)20)16(21)17(2)8-3-11-22-17/h4-7H,3,8-12H2,1-2H3/t17-/m1/s1. The molecule has 2 saturated heterocycles. The van der Waals surface area contributed by atoms with Crippen LogP contribution >= 0.6 is 0 Å². The summed E-state index contributed by atoms with van der Waals surface area (Å²) >= 11 is 0. The van der Waals surface area contributed by atoms with Crippen molar-refractivity contribution in [2.24, 2.45) is 0 Å². The zero-order valence-electron chi connectivity index (χ0n) is 13.2. The Bertz CT molecular complexity index is 576. The smallest absolute Gasteiger partial charge is 0.255 e. The fraction of sp³-hybridized carbons (Fsp3) is 0.529. The number of nitrogens with zero attached hydrogens (tertiary/aromatic N) is 2. The second-order valence-electron chi connectivity index (χ2n) is 6.29. The van der Waals surface area contributed by atoms with Crippen molar-refractivity contribution in [1.29, 1.82) is 0 Å². The summed E-state index contributed by atoms with van der Waals surface area (Å²) in [4.78, 5) is 28.4. The van der Waals surface area contributed by atoms with Gasteiger partial charge in [-0.1, -0.05) is 17.7 Å². The van der Waals surface area contributed by atoms with Crippen molar-refractivity contribution in [2.45, 2.75) is 32.3 Å². The maximum atomic E-state index is 12.6. The topological polar surface area (TPSA) is 49.9 Å². The summed E-state index contributed by atoms with van der Waals surface area (Å²) in [6.07, 6.45) is 1.64. The Morgan fingerprint density at radius 1 is 1.23 bits per heavy atom. The largest absolute Gasteiger partial charge is 0.365 e. The lowest BCUT2D eigenvalue weighted by atomic mass is 10.0. The highest BCUT2D eigenvalue weighted by molar-refractivity contribution is 5.99. The summed E-state index contributed by atoms with van der Waals surface area (Å²) in [6, 6.07) is 7.89. The minimum absolute atomic E-state index is 0.0370. The van der Waals surface area contributed by atoms with Gasteiger partial charge in [-0.3, -0.25) is 9.59 Å². The molecule has 0 spiro atoms. The van der Waals surface area contributed by atoms with Gasteiger partial charge in [-0.25, -0.2) is 0 Å². The minimum atomic E-state index is -0.744. The average Bonchev–Trinajstić information content (AvgIpc) is 2.95. The molecule has 2 amide bonds. The first-order valence-electron chi connectivity index (χ1n) is 7.80. The first-order chi connectivity index (χ1) is 10.5. The quantitative estimate of drug-likeness (QED) is 0.836. The van der Waals surface area contributed by atoms with Gasteiger partial charge in [0.05, 0.1) is 0 Å². The van der Waals surface area contributed by atoms with E-state index in [0.29, 0.717) is 19.7 Å². The predicted molar refractivity (Wildman–Crippen MR) is 83.7 cm³/mol. The number of aryl methyl sites for hydroxylation is 1. The monoisotopic (exact) mass is 302 g/mol. The molecule has 1 atom stereocenters. The molecule has 22 heavy (non-hydrogen) atoms. The molecule has 118 valence electrons. The van der Waals surface area contributed by atoms with Crippen molar-refractivity contribution in [3.05, 3.63) is 29.8 Å². The maximum absolute atomic E-state index is 12.6. The molecule has 3 rings (SSSR count). The fourth-order valence-corrected chi connectivity index (χ4v) is 3.13. The number of anilines is 1. The molecule has 0 unspecified atom stereocenters. The molecular weight excluding hydrogens is 280 g/mol. The van der Waals surface area contributed by atoms with Crippen molar-refractivity contribution in [3.8, 4) is 0 Å². The number of benzene rings is 1. The van der Waals surface area contributed by atoms with Gasteiger partial charge < -0.3 is 14.5 Å².